The van der Waals surface area contributed by atoms with Crippen molar-refractivity contribution in [3.05, 3.63) is 29.8 Å². The minimum absolute atomic E-state index is 0.132. The molecule has 0 atom stereocenters. The first kappa shape index (κ1) is 15.0. The van der Waals surface area contributed by atoms with Crippen LogP contribution >= 0.6 is 0 Å². The molecule has 0 saturated carbocycles. The van der Waals surface area contributed by atoms with Gasteiger partial charge in [-0.15, -0.1) is 0 Å². The van der Waals surface area contributed by atoms with Crippen LogP contribution in [0.15, 0.2) is 24.3 Å². The molecule has 1 fully saturated rings. The van der Waals surface area contributed by atoms with Crippen LogP contribution in [-0.4, -0.2) is 43.0 Å². The van der Waals surface area contributed by atoms with Crippen LogP contribution in [-0.2, 0) is 0 Å². The van der Waals surface area contributed by atoms with Gasteiger partial charge in [0.2, 0.25) is 0 Å². The van der Waals surface area contributed by atoms with Gasteiger partial charge < -0.3 is 10.5 Å². The van der Waals surface area contributed by atoms with Crippen molar-refractivity contribution >= 4 is 5.78 Å². The molecule has 1 aromatic carbocycles. The summed E-state index contributed by atoms with van der Waals surface area (Å²) >= 11 is 0. The zero-order chi connectivity index (χ0) is 14.4. The van der Waals surface area contributed by atoms with E-state index < -0.39 is 0 Å². The fraction of sp³-hybridized carbons (Fsp3) is 0.562. The van der Waals surface area contributed by atoms with E-state index in [0.717, 1.165) is 32.4 Å². The predicted molar refractivity (Wildman–Crippen MR) is 80.2 cm³/mol. The molecule has 0 unspecified atom stereocenters. The Labute approximate surface area is 120 Å². The number of ether oxygens (including phenoxy) is 1. The number of likely N-dealkylation sites (tertiary alicyclic amines) is 1. The van der Waals surface area contributed by atoms with E-state index in [0.29, 0.717) is 30.5 Å². The highest BCUT2D eigenvalue weighted by atomic mass is 16.5. The zero-order valence-electron chi connectivity index (χ0n) is 12.2. The molecule has 1 aromatic rings. The first-order chi connectivity index (χ1) is 9.70. The molecule has 2 rings (SSSR count). The SMILES string of the molecule is CCCOc1ccccc1C(=O)CN1CCC(N)CC1. The number of nitrogens with two attached hydrogens (primary N) is 1. The lowest BCUT2D eigenvalue weighted by Gasteiger charge is -2.29. The first-order valence-corrected chi connectivity index (χ1v) is 7.43. The summed E-state index contributed by atoms with van der Waals surface area (Å²) in [6.07, 6.45) is 2.88. The maximum atomic E-state index is 12.4. The number of para-hydroxylation sites is 1. The fourth-order valence-electron chi connectivity index (χ4n) is 2.43. The van der Waals surface area contributed by atoms with Gasteiger partial charge in [-0.3, -0.25) is 9.69 Å². The van der Waals surface area contributed by atoms with Gasteiger partial charge >= 0.3 is 0 Å². The van der Waals surface area contributed by atoms with Gasteiger partial charge in [0.25, 0.3) is 0 Å². The number of carbonyl (C=O) groups excluding carboxylic acids is 1. The van der Waals surface area contributed by atoms with Crippen molar-refractivity contribution in [1.82, 2.24) is 4.90 Å². The quantitative estimate of drug-likeness (QED) is 0.808. The lowest BCUT2D eigenvalue weighted by molar-refractivity contribution is 0.0906. The Morgan fingerprint density at radius 2 is 2.05 bits per heavy atom. The molecule has 4 nitrogen and oxygen atoms in total. The molecule has 0 spiro atoms. The normalized spacial score (nSPS) is 17.1. The van der Waals surface area contributed by atoms with Crippen molar-refractivity contribution in [1.29, 1.82) is 0 Å². The molecular formula is C16H24N2O2. The molecule has 2 N–H and O–H groups in total. The standard InChI is InChI=1S/C16H24N2O2/c1-2-11-20-16-6-4-3-5-14(16)15(19)12-18-9-7-13(17)8-10-18/h3-6,13H,2,7-12,17H2,1H3. The highest BCUT2D eigenvalue weighted by Crippen LogP contribution is 2.20. The topological polar surface area (TPSA) is 55.6 Å². The highest BCUT2D eigenvalue weighted by molar-refractivity contribution is 6.00. The fourth-order valence-corrected chi connectivity index (χ4v) is 2.43. The Morgan fingerprint density at radius 3 is 2.75 bits per heavy atom. The average molecular weight is 276 g/mol. The monoisotopic (exact) mass is 276 g/mol. The summed E-state index contributed by atoms with van der Waals surface area (Å²) < 4.78 is 5.65. The number of carbonyl (C=O) groups is 1. The Bertz CT molecular complexity index is 440. The van der Waals surface area contributed by atoms with Crippen molar-refractivity contribution in [2.45, 2.75) is 32.2 Å². The Balaban J connectivity index is 1.98. The third-order valence-corrected chi connectivity index (χ3v) is 3.65. The van der Waals surface area contributed by atoms with Gasteiger partial charge in [0, 0.05) is 19.1 Å². The molecule has 1 heterocycles. The second-order valence-electron chi connectivity index (χ2n) is 5.38. The van der Waals surface area contributed by atoms with Gasteiger partial charge in [-0.25, -0.2) is 0 Å². The number of nitrogens with zero attached hydrogens (tertiary/aromatic N) is 1. The van der Waals surface area contributed by atoms with E-state index in [9.17, 15) is 4.79 Å². The summed E-state index contributed by atoms with van der Waals surface area (Å²) in [7, 11) is 0. The number of piperidine rings is 1. The van der Waals surface area contributed by atoms with Crippen LogP contribution in [0.25, 0.3) is 0 Å². The Kier molecular flexibility index (Phi) is 5.56. The highest BCUT2D eigenvalue weighted by Gasteiger charge is 2.20. The van der Waals surface area contributed by atoms with Crippen molar-refractivity contribution in [2.24, 2.45) is 5.73 Å². The zero-order valence-corrected chi connectivity index (χ0v) is 12.2. The van der Waals surface area contributed by atoms with Crippen molar-refractivity contribution in [3.63, 3.8) is 0 Å². The first-order valence-electron chi connectivity index (χ1n) is 7.43. The predicted octanol–water partition coefficient (Wildman–Crippen LogP) is 2.08. The van der Waals surface area contributed by atoms with Gasteiger partial charge in [-0.2, -0.15) is 0 Å². The summed E-state index contributed by atoms with van der Waals surface area (Å²) in [5.74, 6) is 0.834. The van der Waals surface area contributed by atoms with E-state index >= 15 is 0 Å². The van der Waals surface area contributed by atoms with Crippen LogP contribution in [0.1, 0.15) is 36.5 Å². The van der Waals surface area contributed by atoms with Crippen molar-refractivity contribution in [3.8, 4) is 5.75 Å². The third kappa shape index (κ3) is 4.05. The van der Waals surface area contributed by atoms with Crippen LogP contribution in [0.5, 0.6) is 5.75 Å². The van der Waals surface area contributed by atoms with Crippen LogP contribution in [0.4, 0.5) is 0 Å². The average Bonchev–Trinajstić information content (AvgIpc) is 2.47. The molecule has 1 saturated heterocycles. The van der Waals surface area contributed by atoms with Crippen molar-refractivity contribution in [2.75, 3.05) is 26.2 Å². The molecule has 20 heavy (non-hydrogen) atoms. The second-order valence-corrected chi connectivity index (χ2v) is 5.38. The van der Waals surface area contributed by atoms with Crippen molar-refractivity contribution < 1.29 is 9.53 Å². The summed E-state index contributed by atoms with van der Waals surface area (Å²) in [4.78, 5) is 14.6. The number of hydrogen-bond acceptors (Lipinski definition) is 4. The number of ketones is 1. The molecule has 110 valence electrons. The van der Waals surface area contributed by atoms with E-state index in [2.05, 4.69) is 11.8 Å². The van der Waals surface area contributed by atoms with E-state index in [-0.39, 0.29) is 5.78 Å². The summed E-state index contributed by atoms with van der Waals surface area (Å²) in [5.41, 5.74) is 6.58. The third-order valence-electron chi connectivity index (χ3n) is 3.65. The molecule has 0 aromatic heterocycles. The van der Waals surface area contributed by atoms with E-state index in [1.807, 2.05) is 24.3 Å². The maximum absolute atomic E-state index is 12.4. The minimum Gasteiger partial charge on any atom is -0.493 e. The van der Waals surface area contributed by atoms with Gasteiger partial charge in [-0.1, -0.05) is 19.1 Å². The second kappa shape index (κ2) is 7.41. The van der Waals surface area contributed by atoms with Gasteiger partial charge in [0.15, 0.2) is 5.78 Å². The molecule has 0 amide bonds. The van der Waals surface area contributed by atoms with E-state index in [4.69, 9.17) is 10.5 Å². The summed E-state index contributed by atoms with van der Waals surface area (Å²) in [6, 6.07) is 7.80. The molecule has 0 aliphatic carbocycles. The number of rotatable bonds is 6. The van der Waals surface area contributed by atoms with Crippen LogP contribution < -0.4 is 10.5 Å². The largest absolute Gasteiger partial charge is 0.493 e. The van der Waals surface area contributed by atoms with Gasteiger partial charge in [0.05, 0.1) is 18.7 Å². The van der Waals surface area contributed by atoms with Gasteiger partial charge in [-0.05, 0) is 31.4 Å². The smallest absolute Gasteiger partial charge is 0.180 e. The van der Waals surface area contributed by atoms with E-state index in [1.165, 1.54) is 0 Å². The molecule has 0 radical (unpaired) electrons. The van der Waals surface area contributed by atoms with Gasteiger partial charge in [0.1, 0.15) is 5.75 Å². The lowest BCUT2D eigenvalue weighted by Crippen LogP contribution is -2.41. The molecule has 1 aliphatic heterocycles. The molecule has 4 heteroatoms. The molecule has 1 aliphatic rings. The van der Waals surface area contributed by atoms with Crippen LogP contribution in [0.3, 0.4) is 0 Å². The molecular weight excluding hydrogens is 252 g/mol. The van der Waals surface area contributed by atoms with Crippen LogP contribution in [0, 0.1) is 0 Å². The number of benzene rings is 1. The number of hydrogen-bond donors (Lipinski definition) is 1. The Morgan fingerprint density at radius 1 is 1.35 bits per heavy atom. The van der Waals surface area contributed by atoms with Crippen LogP contribution in [0.2, 0.25) is 0 Å². The lowest BCUT2D eigenvalue weighted by atomic mass is 10.0. The number of Topliss-reactive ketones (excluding diaryl/α,β-unsaturated/α-hetero) is 1. The molecule has 0 bridgehead atoms. The minimum atomic E-state index is 0.132. The summed E-state index contributed by atoms with van der Waals surface area (Å²) in [5, 5.41) is 0. The maximum Gasteiger partial charge on any atom is 0.180 e. The van der Waals surface area contributed by atoms with E-state index in [1.54, 1.807) is 0 Å². The summed E-state index contributed by atoms with van der Waals surface area (Å²) in [6.45, 7) is 4.97. The Hall–Kier alpha value is -1.39.